The third-order valence-corrected chi connectivity index (χ3v) is 2.45. The van der Waals surface area contributed by atoms with Crippen molar-refractivity contribution < 1.29 is 9.90 Å². The normalized spacial score (nSPS) is 10.4. The molecule has 2 heterocycles. The van der Waals surface area contributed by atoms with E-state index in [0.29, 0.717) is 11.5 Å². The first kappa shape index (κ1) is 10.8. The van der Waals surface area contributed by atoms with E-state index in [1.807, 2.05) is 0 Å². The molecule has 0 bridgehead atoms. The van der Waals surface area contributed by atoms with Crippen molar-refractivity contribution in [2.75, 3.05) is 0 Å². The highest BCUT2D eigenvalue weighted by Gasteiger charge is 2.14. The van der Waals surface area contributed by atoms with Gasteiger partial charge in [-0.3, -0.25) is 0 Å². The molecule has 5 nitrogen and oxygen atoms in total. The number of nitrogens with zero attached hydrogens (tertiary/aromatic N) is 3. The molecule has 0 unspecified atom stereocenters. The SMILES string of the molecule is Cc1cc(C(=O)O)n(-c2ccc(Br)cn2)n1. The van der Waals surface area contributed by atoms with E-state index in [1.165, 1.54) is 10.7 Å². The van der Waals surface area contributed by atoms with E-state index in [9.17, 15) is 4.79 Å². The Morgan fingerprint density at radius 2 is 2.25 bits per heavy atom. The fourth-order valence-electron chi connectivity index (χ4n) is 1.32. The molecule has 0 fully saturated rings. The van der Waals surface area contributed by atoms with Crippen molar-refractivity contribution in [2.45, 2.75) is 6.92 Å². The summed E-state index contributed by atoms with van der Waals surface area (Å²) >= 11 is 3.26. The quantitative estimate of drug-likeness (QED) is 0.915. The van der Waals surface area contributed by atoms with E-state index in [-0.39, 0.29) is 5.69 Å². The van der Waals surface area contributed by atoms with Crippen LogP contribution in [0.15, 0.2) is 28.9 Å². The van der Waals surface area contributed by atoms with Gasteiger partial charge in [0.15, 0.2) is 11.5 Å². The van der Waals surface area contributed by atoms with E-state index >= 15 is 0 Å². The predicted octanol–water partition coefficient (Wildman–Crippen LogP) is 2.04. The fraction of sp³-hybridized carbons (Fsp3) is 0.100. The highest BCUT2D eigenvalue weighted by molar-refractivity contribution is 9.10. The molecule has 0 saturated carbocycles. The number of aromatic carboxylic acids is 1. The van der Waals surface area contributed by atoms with Crippen LogP contribution in [-0.4, -0.2) is 25.8 Å². The molecule has 2 aromatic rings. The summed E-state index contributed by atoms with van der Waals surface area (Å²) in [5.41, 5.74) is 0.745. The molecule has 1 N–H and O–H groups in total. The van der Waals surface area contributed by atoms with E-state index in [4.69, 9.17) is 5.11 Å². The maximum Gasteiger partial charge on any atom is 0.354 e. The lowest BCUT2D eigenvalue weighted by atomic mass is 10.3. The van der Waals surface area contributed by atoms with Gasteiger partial charge in [0.1, 0.15) is 0 Å². The van der Waals surface area contributed by atoms with Crippen molar-refractivity contribution in [3.63, 3.8) is 0 Å². The van der Waals surface area contributed by atoms with Crippen molar-refractivity contribution in [1.29, 1.82) is 0 Å². The Morgan fingerprint density at radius 1 is 1.50 bits per heavy atom. The maximum atomic E-state index is 11.0. The number of rotatable bonds is 2. The van der Waals surface area contributed by atoms with Crippen LogP contribution >= 0.6 is 15.9 Å². The second kappa shape index (κ2) is 4.05. The maximum absolute atomic E-state index is 11.0. The minimum Gasteiger partial charge on any atom is -0.477 e. The second-order valence-electron chi connectivity index (χ2n) is 3.22. The number of carboxylic acid groups (broad SMARTS) is 1. The highest BCUT2D eigenvalue weighted by atomic mass is 79.9. The predicted molar refractivity (Wildman–Crippen MR) is 60.8 cm³/mol. The first-order chi connectivity index (χ1) is 7.58. The third kappa shape index (κ3) is 1.96. The van der Waals surface area contributed by atoms with Crippen molar-refractivity contribution in [3.05, 3.63) is 40.3 Å². The zero-order valence-electron chi connectivity index (χ0n) is 8.38. The first-order valence-electron chi connectivity index (χ1n) is 4.50. The van der Waals surface area contributed by atoms with Gasteiger partial charge in [-0.15, -0.1) is 0 Å². The lowest BCUT2D eigenvalue weighted by molar-refractivity contribution is 0.0687. The molecule has 2 aromatic heterocycles. The van der Waals surface area contributed by atoms with E-state index in [1.54, 1.807) is 25.3 Å². The smallest absolute Gasteiger partial charge is 0.354 e. The summed E-state index contributed by atoms with van der Waals surface area (Å²) in [7, 11) is 0. The minimum absolute atomic E-state index is 0.104. The topological polar surface area (TPSA) is 68.0 Å². The molecule has 0 radical (unpaired) electrons. The molecule has 0 atom stereocenters. The van der Waals surface area contributed by atoms with Crippen LogP contribution in [0.1, 0.15) is 16.2 Å². The molecule has 82 valence electrons. The second-order valence-corrected chi connectivity index (χ2v) is 4.14. The van der Waals surface area contributed by atoms with Crippen LogP contribution in [0.3, 0.4) is 0 Å². The van der Waals surface area contributed by atoms with Crippen LogP contribution in [-0.2, 0) is 0 Å². The van der Waals surface area contributed by atoms with Crippen molar-refractivity contribution in [1.82, 2.24) is 14.8 Å². The Morgan fingerprint density at radius 3 is 2.81 bits per heavy atom. The van der Waals surface area contributed by atoms with Gasteiger partial charge in [-0.25, -0.2) is 14.5 Å². The number of hydrogen-bond donors (Lipinski definition) is 1. The van der Waals surface area contributed by atoms with Crippen molar-refractivity contribution in [2.24, 2.45) is 0 Å². The third-order valence-electron chi connectivity index (χ3n) is 1.98. The Kier molecular flexibility index (Phi) is 2.74. The fourth-order valence-corrected chi connectivity index (χ4v) is 1.55. The van der Waals surface area contributed by atoms with E-state index in [0.717, 1.165) is 4.47 Å². The van der Waals surface area contributed by atoms with Gasteiger partial charge in [-0.2, -0.15) is 5.10 Å². The molecule has 0 spiro atoms. The zero-order valence-corrected chi connectivity index (χ0v) is 9.97. The van der Waals surface area contributed by atoms with E-state index < -0.39 is 5.97 Å². The lowest BCUT2D eigenvalue weighted by Crippen LogP contribution is -2.09. The molecular weight excluding hydrogens is 274 g/mol. The molecule has 0 amide bonds. The zero-order chi connectivity index (χ0) is 11.7. The largest absolute Gasteiger partial charge is 0.477 e. The van der Waals surface area contributed by atoms with Crippen molar-refractivity contribution in [3.8, 4) is 5.82 Å². The Labute approximate surface area is 99.9 Å². The molecule has 0 aliphatic carbocycles. The number of pyridine rings is 1. The monoisotopic (exact) mass is 281 g/mol. The summed E-state index contributed by atoms with van der Waals surface area (Å²) < 4.78 is 2.14. The number of halogens is 1. The minimum atomic E-state index is -1.02. The molecule has 0 aliphatic heterocycles. The number of hydrogen-bond acceptors (Lipinski definition) is 3. The summed E-state index contributed by atoms with van der Waals surface area (Å²) in [6, 6.07) is 4.99. The van der Waals surface area contributed by atoms with Gasteiger partial charge in [0.2, 0.25) is 0 Å². The Hall–Kier alpha value is -1.69. The number of aromatic nitrogens is 3. The highest BCUT2D eigenvalue weighted by Crippen LogP contribution is 2.13. The molecule has 0 aromatic carbocycles. The summed E-state index contributed by atoms with van der Waals surface area (Å²) in [6.07, 6.45) is 1.60. The van der Waals surface area contributed by atoms with E-state index in [2.05, 4.69) is 26.0 Å². The van der Waals surface area contributed by atoms with Crippen LogP contribution in [0.5, 0.6) is 0 Å². The lowest BCUT2D eigenvalue weighted by Gasteiger charge is -2.02. The van der Waals surface area contributed by atoms with Crippen LogP contribution in [0, 0.1) is 6.92 Å². The molecule has 6 heteroatoms. The number of aryl methyl sites for hydroxylation is 1. The number of carbonyl (C=O) groups is 1. The summed E-state index contributed by atoms with van der Waals surface area (Å²) in [6.45, 7) is 1.74. The van der Waals surface area contributed by atoms with Gasteiger partial charge < -0.3 is 5.11 Å². The van der Waals surface area contributed by atoms with Gasteiger partial charge in [0, 0.05) is 10.7 Å². The van der Waals surface area contributed by atoms with Crippen LogP contribution < -0.4 is 0 Å². The van der Waals surface area contributed by atoms with Gasteiger partial charge in [0.05, 0.1) is 5.69 Å². The number of carboxylic acids is 1. The molecule has 2 rings (SSSR count). The van der Waals surface area contributed by atoms with Gasteiger partial charge in [-0.05, 0) is 41.1 Å². The van der Waals surface area contributed by atoms with Crippen molar-refractivity contribution >= 4 is 21.9 Å². The standard InChI is InChI=1S/C10H8BrN3O2/c1-6-4-8(10(15)16)14(13-6)9-3-2-7(11)5-12-9/h2-5H,1H3,(H,15,16). The molecular formula is C10H8BrN3O2. The summed E-state index contributed by atoms with van der Waals surface area (Å²) in [4.78, 5) is 15.1. The first-order valence-corrected chi connectivity index (χ1v) is 5.29. The van der Waals surface area contributed by atoms with Gasteiger partial charge >= 0.3 is 5.97 Å². The molecule has 0 saturated heterocycles. The Balaban J connectivity index is 2.55. The summed E-state index contributed by atoms with van der Waals surface area (Å²) in [5, 5.41) is 13.1. The van der Waals surface area contributed by atoms with Crippen LogP contribution in [0.2, 0.25) is 0 Å². The van der Waals surface area contributed by atoms with Gasteiger partial charge in [-0.1, -0.05) is 0 Å². The average Bonchev–Trinajstić information content (AvgIpc) is 2.61. The Bertz CT molecular complexity index is 533. The van der Waals surface area contributed by atoms with Crippen LogP contribution in [0.25, 0.3) is 5.82 Å². The molecule has 0 aliphatic rings. The molecule has 16 heavy (non-hydrogen) atoms. The average molecular weight is 282 g/mol. The summed E-state index contributed by atoms with van der Waals surface area (Å²) in [5.74, 6) is -0.543. The van der Waals surface area contributed by atoms with Gasteiger partial charge in [0.25, 0.3) is 0 Å². The van der Waals surface area contributed by atoms with Crippen LogP contribution in [0.4, 0.5) is 0 Å².